The third-order valence-corrected chi connectivity index (χ3v) is 7.24. The van der Waals surface area contributed by atoms with Gasteiger partial charge in [-0.3, -0.25) is 4.79 Å². The molecule has 3 aromatic rings. The Morgan fingerprint density at radius 2 is 1.93 bits per heavy atom. The van der Waals surface area contributed by atoms with Crippen molar-refractivity contribution in [1.29, 1.82) is 0 Å². The van der Waals surface area contributed by atoms with Crippen molar-refractivity contribution in [3.63, 3.8) is 0 Å². The molecule has 0 unspecified atom stereocenters. The number of halogens is 1. The number of likely N-dealkylation sites (tertiary alicyclic amines) is 1. The number of thiophene rings is 1. The van der Waals surface area contributed by atoms with Gasteiger partial charge in [0.05, 0.1) is 16.0 Å². The second-order valence-corrected chi connectivity index (χ2v) is 9.56. The van der Waals surface area contributed by atoms with E-state index in [1.807, 2.05) is 11.0 Å². The lowest BCUT2D eigenvalue weighted by molar-refractivity contribution is -0.130. The topological polar surface area (TPSA) is 46.1 Å². The summed E-state index contributed by atoms with van der Waals surface area (Å²) in [6.45, 7) is 6.10. The van der Waals surface area contributed by atoms with Crippen LogP contribution < -0.4 is 0 Å². The summed E-state index contributed by atoms with van der Waals surface area (Å²) in [5.74, 6) is 1.42. The molecule has 0 radical (unpaired) electrons. The molecule has 2 aromatic heterocycles. The molecule has 1 fully saturated rings. The second-order valence-electron chi connectivity index (χ2n) is 7.54. The summed E-state index contributed by atoms with van der Waals surface area (Å²) in [5.41, 5.74) is 1.81. The first-order chi connectivity index (χ1) is 13.5. The first-order valence-electron chi connectivity index (χ1n) is 9.40. The maximum Gasteiger partial charge on any atom is 0.233 e. The number of hydrogen-bond donors (Lipinski definition) is 0. The molecule has 0 saturated carbocycles. The predicted molar refractivity (Wildman–Crippen MR) is 113 cm³/mol. The molecule has 1 saturated heterocycles. The van der Waals surface area contributed by atoms with Crippen molar-refractivity contribution in [1.82, 2.24) is 14.9 Å². The maximum absolute atomic E-state index is 13.2. The van der Waals surface area contributed by atoms with Gasteiger partial charge in [0.1, 0.15) is 17.2 Å². The van der Waals surface area contributed by atoms with Crippen LogP contribution in [0.15, 0.2) is 41.7 Å². The average molecular weight is 416 g/mol. The van der Waals surface area contributed by atoms with Crippen LogP contribution in [0.1, 0.15) is 20.3 Å². The van der Waals surface area contributed by atoms with Crippen LogP contribution in [0, 0.1) is 17.7 Å². The lowest BCUT2D eigenvalue weighted by Crippen LogP contribution is -2.43. The third kappa shape index (κ3) is 4.20. The number of amides is 1. The van der Waals surface area contributed by atoms with Gasteiger partial charge in [-0.25, -0.2) is 14.4 Å². The number of thioether (sulfide) groups is 1. The van der Waals surface area contributed by atoms with Gasteiger partial charge in [0.2, 0.25) is 5.91 Å². The molecule has 1 aliphatic heterocycles. The Morgan fingerprint density at radius 1 is 1.21 bits per heavy atom. The molecule has 7 heteroatoms. The summed E-state index contributed by atoms with van der Waals surface area (Å²) in [6.07, 6.45) is 2.73. The Bertz CT molecular complexity index is 979. The number of nitrogens with zero attached hydrogens (tertiary/aromatic N) is 3. The van der Waals surface area contributed by atoms with E-state index < -0.39 is 0 Å². The number of rotatable bonds is 4. The van der Waals surface area contributed by atoms with Gasteiger partial charge in [-0.2, -0.15) is 0 Å². The van der Waals surface area contributed by atoms with Gasteiger partial charge in [0, 0.05) is 18.0 Å². The van der Waals surface area contributed by atoms with Crippen LogP contribution in [-0.4, -0.2) is 39.6 Å². The van der Waals surface area contributed by atoms with E-state index in [1.165, 1.54) is 30.3 Å². The van der Waals surface area contributed by atoms with Crippen molar-refractivity contribution in [2.24, 2.45) is 11.8 Å². The van der Waals surface area contributed by atoms with E-state index in [-0.39, 0.29) is 11.7 Å². The van der Waals surface area contributed by atoms with E-state index in [4.69, 9.17) is 0 Å². The van der Waals surface area contributed by atoms with Crippen LogP contribution in [0.5, 0.6) is 0 Å². The molecule has 0 bridgehead atoms. The Hall–Kier alpha value is -1.99. The molecule has 4 nitrogen and oxygen atoms in total. The molecule has 28 heavy (non-hydrogen) atoms. The zero-order valence-corrected chi connectivity index (χ0v) is 17.5. The predicted octanol–water partition coefficient (Wildman–Crippen LogP) is 5.09. The fraction of sp³-hybridized carbons (Fsp3) is 0.381. The van der Waals surface area contributed by atoms with Gasteiger partial charge in [-0.1, -0.05) is 37.7 Å². The zero-order valence-electron chi connectivity index (χ0n) is 15.9. The summed E-state index contributed by atoms with van der Waals surface area (Å²) < 4.78 is 14.2. The highest BCUT2D eigenvalue weighted by Gasteiger charge is 2.25. The first kappa shape index (κ1) is 19.3. The van der Waals surface area contributed by atoms with Crippen LogP contribution >= 0.6 is 23.1 Å². The molecule has 1 amide bonds. The normalized spacial score (nSPS) is 19.9. The van der Waals surface area contributed by atoms with E-state index in [1.54, 1.807) is 29.8 Å². The van der Waals surface area contributed by atoms with Gasteiger partial charge < -0.3 is 4.90 Å². The average Bonchev–Trinajstić information content (AvgIpc) is 3.10. The lowest BCUT2D eigenvalue weighted by atomic mass is 9.92. The molecule has 0 spiro atoms. The molecule has 2 atom stereocenters. The highest BCUT2D eigenvalue weighted by molar-refractivity contribution is 8.00. The van der Waals surface area contributed by atoms with Gasteiger partial charge in [-0.05, 0) is 42.0 Å². The number of hydrogen-bond acceptors (Lipinski definition) is 5. The molecule has 146 valence electrons. The minimum Gasteiger partial charge on any atom is -0.341 e. The summed E-state index contributed by atoms with van der Waals surface area (Å²) >= 11 is 3.05. The van der Waals surface area contributed by atoms with Gasteiger partial charge >= 0.3 is 0 Å². The highest BCUT2D eigenvalue weighted by atomic mass is 32.2. The first-order valence-corrected chi connectivity index (χ1v) is 11.2. The summed E-state index contributed by atoms with van der Waals surface area (Å²) in [5, 5.41) is 0.829. The van der Waals surface area contributed by atoms with Gasteiger partial charge in [0.25, 0.3) is 0 Å². The number of aromatic nitrogens is 2. The Kier molecular flexibility index (Phi) is 5.64. The minimum absolute atomic E-state index is 0.172. The standard InChI is InChI=1S/C21H22FN3OS2/c1-13-7-14(2)10-25(9-13)19(26)11-27-21-20-17(23-12-24-21)8-18(28-20)15-3-5-16(22)6-4-15/h3-6,8,12-14H,7,9-11H2,1-2H3/t13-,14-/m0/s1. The number of piperidine rings is 1. The van der Waals surface area contributed by atoms with Crippen LogP contribution in [0.25, 0.3) is 20.7 Å². The van der Waals surface area contributed by atoms with Crippen molar-refractivity contribution in [2.45, 2.75) is 25.3 Å². The maximum atomic E-state index is 13.2. The molecule has 3 heterocycles. The monoisotopic (exact) mass is 415 g/mol. The molecular weight excluding hydrogens is 393 g/mol. The lowest BCUT2D eigenvalue weighted by Gasteiger charge is -2.35. The Balaban J connectivity index is 1.51. The number of carbonyl (C=O) groups excluding carboxylic acids is 1. The summed E-state index contributed by atoms with van der Waals surface area (Å²) in [4.78, 5) is 24.5. The summed E-state index contributed by atoms with van der Waals surface area (Å²) in [6, 6.07) is 8.44. The minimum atomic E-state index is -0.249. The number of benzene rings is 1. The fourth-order valence-electron chi connectivity index (χ4n) is 3.78. The van der Waals surface area contributed by atoms with Crippen molar-refractivity contribution < 1.29 is 9.18 Å². The van der Waals surface area contributed by atoms with Crippen molar-refractivity contribution in [2.75, 3.05) is 18.8 Å². The van der Waals surface area contributed by atoms with E-state index >= 15 is 0 Å². The van der Waals surface area contributed by atoms with E-state index in [9.17, 15) is 9.18 Å². The van der Waals surface area contributed by atoms with Gasteiger partial charge in [-0.15, -0.1) is 11.3 Å². The molecule has 1 aromatic carbocycles. The van der Waals surface area contributed by atoms with Crippen LogP contribution in [0.3, 0.4) is 0 Å². The SMILES string of the molecule is C[C@H]1C[C@H](C)CN(C(=O)CSc2ncnc3cc(-c4ccc(F)cc4)sc23)C1. The Morgan fingerprint density at radius 3 is 2.64 bits per heavy atom. The molecular formula is C21H22FN3OS2. The van der Waals surface area contributed by atoms with Gasteiger partial charge in [0.15, 0.2) is 0 Å². The quantitative estimate of drug-likeness (QED) is 0.440. The molecule has 0 N–H and O–H groups in total. The third-order valence-electron chi connectivity index (χ3n) is 4.96. The fourth-order valence-corrected chi connectivity index (χ4v) is 5.88. The van der Waals surface area contributed by atoms with Crippen molar-refractivity contribution >= 4 is 39.2 Å². The second kappa shape index (κ2) is 8.17. The number of carbonyl (C=O) groups is 1. The largest absolute Gasteiger partial charge is 0.341 e. The van der Waals surface area contributed by atoms with E-state index in [0.717, 1.165) is 38.8 Å². The molecule has 0 aliphatic carbocycles. The zero-order chi connectivity index (χ0) is 19.7. The summed E-state index contributed by atoms with van der Waals surface area (Å²) in [7, 11) is 0. The van der Waals surface area contributed by atoms with Crippen LogP contribution in [-0.2, 0) is 4.79 Å². The highest BCUT2D eigenvalue weighted by Crippen LogP contribution is 2.37. The van der Waals surface area contributed by atoms with Crippen LogP contribution in [0.4, 0.5) is 4.39 Å². The van der Waals surface area contributed by atoms with E-state index in [0.29, 0.717) is 17.6 Å². The van der Waals surface area contributed by atoms with Crippen LogP contribution in [0.2, 0.25) is 0 Å². The molecule has 1 aliphatic rings. The van der Waals surface area contributed by atoms with Crippen molar-refractivity contribution in [3.8, 4) is 10.4 Å². The number of fused-ring (bicyclic) bond motifs is 1. The van der Waals surface area contributed by atoms with E-state index in [2.05, 4.69) is 23.8 Å². The smallest absolute Gasteiger partial charge is 0.233 e. The molecule has 4 rings (SSSR count). The van der Waals surface area contributed by atoms with Crippen molar-refractivity contribution in [3.05, 3.63) is 42.5 Å². The Labute approximate surface area is 172 Å².